The first-order chi connectivity index (χ1) is 57.5. The van der Waals surface area contributed by atoms with Crippen LogP contribution in [0.25, 0.3) is 66.5 Å². The van der Waals surface area contributed by atoms with Gasteiger partial charge in [-0.1, -0.05) is 58.5 Å². The molecule has 616 valence electrons. The normalized spacial score (nSPS) is 18.4. The molecule has 11 aromatic rings. The van der Waals surface area contributed by atoms with E-state index in [1.54, 1.807) is 104 Å². The molecule has 7 aliphatic rings. The Bertz CT molecular complexity index is 5610. The third-order valence-corrected chi connectivity index (χ3v) is 21.7. The molecule has 0 radical (unpaired) electrons. The number of rotatable bonds is 18. The van der Waals surface area contributed by atoms with Gasteiger partial charge in [0, 0.05) is 116 Å². The molecule has 24 nitrogen and oxygen atoms in total. The Morgan fingerprint density at radius 2 is 0.824 bits per heavy atom. The number of nitrogens with zero attached hydrogens (tertiary/aromatic N) is 11. The van der Waals surface area contributed by atoms with Crippen molar-refractivity contribution < 1.29 is 83.2 Å². The zero-order valence-electron chi connectivity index (χ0n) is 65.4. The highest BCUT2D eigenvalue weighted by Crippen LogP contribution is 2.41. The van der Waals surface area contributed by atoms with Crippen molar-refractivity contribution in [1.82, 2.24) is 40.0 Å². The first kappa shape index (κ1) is 82.7. The fraction of sp³-hybridized carbons (Fsp3) is 0.299. The topological polar surface area (TPSA) is 262 Å². The minimum absolute atomic E-state index is 0.101. The summed E-state index contributed by atoms with van der Waals surface area (Å²) in [4.78, 5) is 98.1. The van der Waals surface area contributed by atoms with Crippen molar-refractivity contribution in [3.63, 3.8) is 0 Å². The number of hydrogen-bond donors (Lipinski definition) is 2. The van der Waals surface area contributed by atoms with Gasteiger partial charge in [-0.15, -0.1) is 0 Å². The third kappa shape index (κ3) is 18.5. The van der Waals surface area contributed by atoms with Gasteiger partial charge in [-0.2, -0.15) is 13.9 Å². The van der Waals surface area contributed by atoms with Crippen LogP contribution in [-0.4, -0.2) is 141 Å². The summed E-state index contributed by atoms with van der Waals surface area (Å²) in [5, 5.41) is 7.77. The number of carbonyl (C=O) groups is 6. The van der Waals surface area contributed by atoms with Gasteiger partial charge in [0.2, 0.25) is 0 Å². The van der Waals surface area contributed by atoms with Crippen LogP contribution in [0, 0.1) is 29.1 Å². The van der Waals surface area contributed by atoms with E-state index in [0.717, 1.165) is 59.6 Å². The maximum Gasteiger partial charge on any atom is 0.414 e. The average molecular weight is 1650 g/mol. The third-order valence-electron chi connectivity index (χ3n) is 21.2. The molecule has 18 rings (SSSR count). The molecule has 5 aromatic heterocycles. The number of thioether (sulfide) groups is 1. The van der Waals surface area contributed by atoms with Gasteiger partial charge in [0.05, 0.1) is 79.1 Å². The molecule has 6 fully saturated rings. The first-order valence-electron chi connectivity index (χ1n) is 38.9. The summed E-state index contributed by atoms with van der Waals surface area (Å²) in [5.74, 6) is -1.73. The monoisotopic (exact) mass is 1650 g/mol. The van der Waals surface area contributed by atoms with E-state index in [4.69, 9.17) is 23.7 Å². The number of alkyl halides is 2. The lowest BCUT2D eigenvalue weighted by atomic mass is 9.99. The highest BCUT2D eigenvalue weighted by Gasteiger charge is 2.37. The molecule has 0 bridgehead atoms. The highest BCUT2D eigenvalue weighted by molar-refractivity contribution is 7.98. The van der Waals surface area contributed by atoms with Crippen molar-refractivity contribution >= 4 is 87.5 Å². The number of pyridine rings is 2. The van der Waals surface area contributed by atoms with Crippen LogP contribution in [0.5, 0.6) is 0 Å². The molecular weight excluding hydrogens is 1570 g/mol. The Balaban J connectivity index is 0.000000122. The molecule has 5 saturated heterocycles. The van der Waals surface area contributed by atoms with E-state index in [0.29, 0.717) is 134 Å². The Hall–Kier alpha value is -12.9. The molecule has 0 spiro atoms. The minimum Gasteiger partial charge on any atom is -0.444 e. The lowest BCUT2D eigenvalue weighted by Crippen LogP contribution is -2.24. The standard InChI is InChI=1S/C19H17FN2O3.C19H19FN2O2.C18H16FN3O2.C16H16FN3O2S.C15H14F3N3O2/c1-2-14-10-22(19(24)25-14)13-4-6-15(17(20)8-13)11-3-5-16-12(7-11)9-21-18(16)23;1-2-15-11-22(19(23)24-15)14-6-7-16(17(20)9-14)13-5-8-18(21-10-13)12-3-4-12;1-2-12-10-22(18(23)24-12)11-3-4-13(16(19)7-11)15-8-20-9-17-14(15)5-6-21-17;1-3-12-9-20(16(21)22-12)11-4-5-13(14(17)6-11)10-7-18-15(23-2)19-8-10;1-2-11-8-20(15(22)23-11)10-3-4-12(13(16)5-10)9-6-19-21(7-9)14(17)18/h3-8,14H,2,9-10H2,1H3,(H,21,23);5-10,12,15H,2-4,11H2,1H3;3-9,12,21H,2,10H2,1H3;4-8,12H,3,9H2,1-2H3;3-7,11,14H,2,8H2,1H3. The van der Waals surface area contributed by atoms with Gasteiger partial charge in [0.1, 0.15) is 59.6 Å². The largest absolute Gasteiger partial charge is 0.444 e. The van der Waals surface area contributed by atoms with Gasteiger partial charge in [-0.25, -0.2) is 60.6 Å². The Labute approximate surface area is 683 Å². The Morgan fingerprint density at radius 1 is 0.429 bits per heavy atom. The number of benzene rings is 6. The molecule has 1 aliphatic carbocycles. The summed E-state index contributed by atoms with van der Waals surface area (Å²) >= 11 is 1.42. The number of carbonyl (C=O) groups excluding carboxylic acids is 6. The van der Waals surface area contributed by atoms with E-state index in [2.05, 4.69) is 35.3 Å². The van der Waals surface area contributed by atoms with E-state index >= 15 is 0 Å². The number of H-pyrrole nitrogens is 1. The fourth-order valence-corrected chi connectivity index (χ4v) is 14.5. The van der Waals surface area contributed by atoms with Crippen LogP contribution in [0.3, 0.4) is 0 Å². The Morgan fingerprint density at radius 3 is 1.20 bits per heavy atom. The molecule has 6 aliphatic heterocycles. The van der Waals surface area contributed by atoms with Crippen LogP contribution in [0.4, 0.5) is 83.1 Å². The van der Waals surface area contributed by atoms with E-state index in [-0.39, 0.29) is 53.4 Å². The number of hydrogen-bond acceptors (Lipinski definition) is 17. The number of nitrogens with one attached hydrogen (secondary N) is 2. The summed E-state index contributed by atoms with van der Waals surface area (Å²) < 4.78 is 124. The van der Waals surface area contributed by atoms with E-state index in [1.165, 1.54) is 91.7 Å². The zero-order valence-corrected chi connectivity index (χ0v) is 66.3. The number of halogens is 7. The second-order valence-electron chi connectivity index (χ2n) is 28.8. The molecule has 5 atom stereocenters. The molecule has 6 aromatic carbocycles. The maximum atomic E-state index is 14.7. The molecule has 11 heterocycles. The van der Waals surface area contributed by atoms with Crippen LogP contribution < -0.4 is 29.8 Å². The number of ether oxygens (including phenoxy) is 5. The predicted molar refractivity (Wildman–Crippen MR) is 434 cm³/mol. The van der Waals surface area contributed by atoms with Crippen LogP contribution in [0.2, 0.25) is 0 Å². The summed E-state index contributed by atoms with van der Waals surface area (Å²) in [7, 11) is 0. The molecule has 1 saturated carbocycles. The molecular formula is C87H82F7N13O11S. The summed E-state index contributed by atoms with van der Waals surface area (Å²) in [6.45, 7) is 9.52. The van der Waals surface area contributed by atoms with Gasteiger partial charge in [-0.05, 0) is 178 Å². The smallest absolute Gasteiger partial charge is 0.414 e. The quantitative estimate of drug-likeness (QED) is 0.0350. The van der Waals surface area contributed by atoms with E-state index < -0.39 is 60.3 Å². The van der Waals surface area contributed by atoms with Crippen LogP contribution in [-0.2, 0) is 30.2 Å². The number of amides is 6. The fourth-order valence-electron chi connectivity index (χ4n) is 14.2. The maximum absolute atomic E-state index is 14.7. The van der Waals surface area contributed by atoms with Crippen molar-refractivity contribution in [3.05, 3.63) is 223 Å². The van der Waals surface area contributed by atoms with Gasteiger partial charge in [0.25, 0.3) is 5.91 Å². The number of cyclic esters (lactones) is 5. The molecule has 2 N–H and O–H groups in total. The number of aromatic amines is 1. The zero-order chi connectivity index (χ0) is 83.9. The first-order valence-corrected chi connectivity index (χ1v) is 40.1. The lowest BCUT2D eigenvalue weighted by Gasteiger charge is -2.14. The lowest BCUT2D eigenvalue weighted by molar-refractivity contribution is 0.0566. The second kappa shape index (κ2) is 36.3. The van der Waals surface area contributed by atoms with Crippen molar-refractivity contribution in [1.29, 1.82) is 0 Å². The predicted octanol–water partition coefficient (Wildman–Crippen LogP) is 19.6. The summed E-state index contributed by atoms with van der Waals surface area (Å²) in [6.07, 6.45) is 17.2. The number of fused-ring (bicyclic) bond motifs is 2. The van der Waals surface area contributed by atoms with Crippen molar-refractivity contribution in [3.8, 4) is 55.6 Å². The van der Waals surface area contributed by atoms with Gasteiger partial charge < -0.3 is 34.0 Å². The minimum atomic E-state index is -2.78. The number of anilines is 5. The van der Waals surface area contributed by atoms with Crippen molar-refractivity contribution in [2.45, 2.75) is 134 Å². The van der Waals surface area contributed by atoms with Crippen molar-refractivity contribution in [2.75, 3.05) is 63.5 Å². The Kier molecular flexibility index (Phi) is 25.2. The van der Waals surface area contributed by atoms with Crippen LogP contribution in [0.15, 0.2) is 182 Å². The number of aromatic nitrogens is 7. The van der Waals surface area contributed by atoms with Crippen LogP contribution >= 0.6 is 11.8 Å². The van der Waals surface area contributed by atoms with Gasteiger partial charge >= 0.3 is 37.0 Å². The molecule has 5 unspecified atom stereocenters. The molecule has 6 amide bonds. The SMILES string of the molecule is CCC1CN(c2ccc(-c3ccc(C4CC4)nc3)c(F)c2)C(=O)O1.CCC1CN(c2ccc(-c3ccc4c(c3)CNC4=O)c(F)c2)C(=O)O1.CCC1CN(c2ccc(-c3cnc(SC)nc3)c(F)c2)C(=O)O1.CCC1CN(c2ccc(-c3cncc4[nH]ccc34)c(F)c2)C(=O)O1.CCC1CN(c2ccc(-c3cnn(C(F)F)c3)c(F)c2)C(=O)O1. The van der Waals surface area contributed by atoms with E-state index in [1.807, 2.05) is 65.1 Å². The summed E-state index contributed by atoms with van der Waals surface area (Å²) in [6, 6.07) is 34.3. The summed E-state index contributed by atoms with van der Waals surface area (Å²) in [5.41, 5.74) is 10.7. The molecule has 32 heteroatoms. The van der Waals surface area contributed by atoms with Crippen LogP contribution in [0.1, 0.15) is 114 Å². The van der Waals surface area contributed by atoms with Crippen molar-refractivity contribution in [2.24, 2.45) is 0 Å². The van der Waals surface area contributed by atoms with Gasteiger partial charge in [0.15, 0.2) is 5.16 Å². The second-order valence-corrected chi connectivity index (χ2v) is 29.6. The van der Waals surface area contributed by atoms with Gasteiger partial charge in [-0.3, -0.25) is 39.3 Å². The van der Waals surface area contributed by atoms with E-state index in [9.17, 15) is 59.5 Å². The highest BCUT2D eigenvalue weighted by atomic mass is 32.2. The average Bonchev–Trinajstić information content (AvgIpc) is 1.70. The molecule has 119 heavy (non-hydrogen) atoms.